The Morgan fingerprint density at radius 3 is 3.07 bits per heavy atom. The molecule has 2 nitrogen and oxygen atoms in total. The monoisotopic (exact) mass is 314 g/mol. The summed E-state index contributed by atoms with van der Waals surface area (Å²) >= 11 is 2.37. The Bertz CT molecular complexity index is 374. The predicted molar refractivity (Wildman–Crippen MR) is 72.6 cm³/mol. The minimum atomic E-state index is 0.968. The van der Waals surface area contributed by atoms with Crippen LogP contribution in [0.5, 0.6) is 0 Å². The van der Waals surface area contributed by atoms with Gasteiger partial charge in [-0.15, -0.1) is 0 Å². The third-order valence-corrected chi connectivity index (χ3v) is 3.84. The largest absolute Gasteiger partial charge is 0.382 e. The van der Waals surface area contributed by atoms with E-state index in [2.05, 4.69) is 51.0 Å². The van der Waals surface area contributed by atoms with Crippen LogP contribution in [0.4, 0.5) is 11.4 Å². The number of anilines is 2. The van der Waals surface area contributed by atoms with Gasteiger partial charge in [0.25, 0.3) is 0 Å². The first-order valence-electron chi connectivity index (χ1n) is 5.61. The van der Waals surface area contributed by atoms with Crippen molar-refractivity contribution in [2.75, 3.05) is 29.9 Å². The molecule has 1 aromatic carbocycles. The summed E-state index contributed by atoms with van der Waals surface area (Å²) in [4.78, 5) is 2.54. The maximum Gasteiger partial charge on any atom is 0.0603 e. The second-order valence-electron chi connectivity index (χ2n) is 4.48. The van der Waals surface area contributed by atoms with Gasteiger partial charge >= 0.3 is 0 Å². The number of hydrogen-bond donors (Lipinski definition) is 1. The van der Waals surface area contributed by atoms with Crippen LogP contribution in [0.3, 0.4) is 0 Å². The Balaban J connectivity index is 1.87. The number of nitrogens with one attached hydrogen (secondary N) is 1. The maximum atomic E-state index is 3.48. The Morgan fingerprint density at radius 2 is 2.27 bits per heavy atom. The maximum absolute atomic E-state index is 3.48. The van der Waals surface area contributed by atoms with Crippen molar-refractivity contribution in [2.24, 2.45) is 5.92 Å². The minimum Gasteiger partial charge on any atom is -0.382 e. The second kappa shape index (κ2) is 3.85. The topological polar surface area (TPSA) is 15.3 Å². The molecule has 80 valence electrons. The molecule has 1 aliphatic carbocycles. The van der Waals surface area contributed by atoms with Crippen LogP contribution >= 0.6 is 22.6 Å². The van der Waals surface area contributed by atoms with Crippen LogP contribution in [0, 0.1) is 9.49 Å². The second-order valence-corrected chi connectivity index (χ2v) is 5.72. The lowest BCUT2D eigenvalue weighted by atomic mass is 10.2. The summed E-state index contributed by atoms with van der Waals surface area (Å²) in [6, 6.07) is 6.70. The van der Waals surface area contributed by atoms with Gasteiger partial charge in [0.05, 0.1) is 11.4 Å². The summed E-state index contributed by atoms with van der Waals surface area (Å²) in [5.41, 5.74) is 2.71. The quantitative estimate of drug-likeness (QED) is 0.845. The first kappa shape index (κ1) is 9.75. The summed E-state index contributed by atoms with van der Waals surface area (Å²) < 4.78 is 1.31. The molecule has 0 bridgehead atoms. The van der Waals surface area contributed by atoms with Crippen LogP contribution in [0.25, 0.3) is 0 Å². The number of hydrogen-bond acceptors (Lipinski definition) is 2. The van der Waals surface area contributed by atoms with E-state index in [1.165, 1.54) is 34.3 Å². The zero-order chi connectivity index (χ0) is 10.3. The van der Waals surface area contributed by atoms with Crippen molar-refractivity contribution in [2.45, 2.75) is 12.8 Å². The van der Waals surface area contributed by atoms with Gasteiger partial charge in [0, 0.05) is 23.2 Å². The molecule has 0 amide bonds. The van der Waals surface area contributed by atoms with Gasteiger partial charge in [-0.25, -0.2) is 0 Å². The number of rotatable bonds is 2. The molecule has 1 heterocycles. The Morgan fingerprint density at radius 1 is 1.40 bits per heavy atom. The van der Waals surface area contributed by atoms with Gasteiger partial charge in [-0.3, -0.25) is 0 Å². The number of halogens is 1. The number of nitrogens with zero attached hydrogens (tertiary/aromatic N) is 1. The smallest absolute Gasteiger partial charge is 0.0603 e. The van der Waals surface area contributed by atoms with Gasteiger partial charge in [-0.05, 0) is 59.5 Å². The van der Waals surface area contributed by atoms with Gasteiger partial charge in [-0.1, -0.05) is 0 Å². The van der Waals surface area contributed by atoms with E-state index >= 15 is 0 Å². The molecule has 15 heavy (non-hydrogen) atoms. The lowest BCUT2D eigenvalue weighted by Gasteiger charge is -2.32. The number of benzene rings is 1. The fourth-order valence-electron chi connectivity index (χ4n) is 2.17. The third kappa shape index (κ3) is 2.07. The van der Waals surface area contributed by atoms with Crippen molar-refractivity contribution < 1.29 is 0 Å². The Labute approximate surface area is 104 Å². The summed E-state index contributed by atoms with van der Waals surface area (Å²) in [6.45, 7) is 3.50. The third-order valence-electron chi connectivity index (χ3n) is 3.17. The molecule has 2 aliphatic rings. The highest BCUT2D eigenvalue weighted by Crippen LogP contribution is 2.35. The van der Waals surface area contributed by atoms with E-state index in [0.717, 1.165) is 19.0 Å². The molecular weight excluding hydrogens is 299 g/mol. The van der Waals surface area contributed by atoms with Crippen molar-refractivity contribution in [3.05, 3.63) is 21.8 Å². The van der Waals surface area contributed by atoms with Gasteiger partial charge in [0.15, 0.2) is 0 Å². The first-order chi connectivity index (χ1) is 7.33. The van der Waals surface area contributed by atoms with E-state index in [-0.39, 0.29) is 0 Å². The lowest BCUT2D eigenvalue weighted by Crippen LogP contribution is -2.35. The van der Waals surface area contributed by atoms with Crippen LogP contribution in [-0.4, -0.2) is 19.6 Å². The molecule has 0 atom stereocenters. The minimum absolute atomic E-state index is 0.968. The lowest BCUT2D eigenvalue weighted by molar-refractivity contribution is 0.719. The molecule has 0 radical (unpaired) electrons. The zero-order valence-electron chi connectivity index (χ0n) is 8.67. The molecule has 3 rings (SSSR count). The molecule has 1 aromatic rings. The fraction of sp³-hybridized carbons (Fsp3) is 0.500. The molecule has 1 N–H and O–H groups in total. The van der Waals surface area contributed by atoms with Gasteiger partial charge in [0.1, 0.15) is 0 Å². The van der Waals surface area contributed by atoms with Crippen molar-refractivity contribution in [3.63, 3.8) is 0 Å². The first-order valence-corrected chi connectivity index (χ1v) is 6.69. The molecule has 1 saturated carbocycles. The van der Waals surface area contributed by atoms with Crippen LogP contribution in [0.15, 0.2) is 18.2 Å². The molecule has 0 unspecified atom stereocenters. The van der Waals surface area contributed by atoms with E-state index in [1.807, 2.05) is 0 Å². The van der Waals surface area contributed by atoms with Crippen molar-refractivity contribution in [1.82, 2.24) is 0 Å². The van der Waals surface area contributed by atoms with Crippen LogP contribution in [-0.2, 0) is 0 Å². The van der Waals surface area contributed by atoms with Crippen LogP contribution in [0.1, 0.15) is 12.8 Å². The van der Waals surface area contributed by atoms with Gasteiger partial charge in [-0.2, -0.15) is 0 Å². The average Bonchev–Trinajstić information content (AvgIpc) is 3.01. The van der Waals surface area contributed by atoms with E-state index < -0.39 is 0 Å². The molecule has 1 aliphatic heterocycles. The fourth-order valence-corrected chi connectivity index (χ4v) is 2.66. The van der Waals surface area contributed by atoms with Gasteiger partial charge in [0.2, 0.25) is 0 Å². The summed E-state index contributed by atoms with van der Waals surface area (Å²) in [6.07, 6.45) is 2.87. The summed E-state index contributed by atoms with van der Waals surface area (Å²) in [5.74, 6) is 0.968. The summed E-state index contributed by atoms with van der Waals surface area (Å²) in [7, 11) is 0. The van der Waals surface area contributed by atoms with E-state index in [1.54, 1.807) is 0 Å². The van der Waals surface area contributed by atoms with E-state index in [4.69, 9.17) is 0 Å². The van der Waals surface area contributed by atoms with Crippen molar-refractivity contribution in [1.29, 1.82) is 0 Å². The van der Waals surface area contributed by atoms with Gasteiger partial charge < -0.3 is 10.2 Å². The highest BCUT2D eigenvalue weighted by Gasteiger charge is 2.26. The Hall–Kier alpha value is -0.450. The molecule has 0 spiro atoms. The SMILES string of the molecule is Ic1ccc2c(c1)NCCN2CC1CC1. The summed E-state index contributed by atoms with van der Waals surface area (Å²) in [5, 5.41) is 3.48. The normalized spacial score (nSPS) is 19.7. The predicted octanol–water partition coefficient (Wildman–Crippen LogP) is 2.93. The average molecular weight is 314 g/mol. The standard InChI is InChI=1S/C12H15IN2/c13-10-3-4-12-11(7-10)14-5-6-15(12)8-9-1-2-9/h3-4,7,9,14H,1-2,5-6,8H2. The molecule has 1 fully saturated rings. The van der Waals surface area contributed by atoms with Crippen molar-refractivity contribution in [3.8, 4) is 0 Å². The van der Waals surface area contributed by atoms with E-state index in [0.29, 0.717) is 0 Å². The van der Waals surface area contributed by atoms with Crippen LogP contribution < -0.4 is 10.2 Å². The molecule has 0 aromatic heterocycles. The number of fused-ring (bicyclic) bond motifs is 1. The molecule has 3 heteroatoms. The van der Waals surface area contributed by atoms with E-state index in [9.17, 15) is 0 Å². The van der Waals surface area contributed by atoms with Crippen molar-refractivity contribution >= 4 is 34.0 Å². The van der Waals surface area contributed by atoms with Crippen LogP contribution in [0.2, 0.25) is 0 Å². The highest BCUT2D eigenvalue weighted by molar-refractivity contribution is 14.1. The Kier molecular flexibility index (Phi) is 2.50. The highest BCUT2D eigenvalue weighted by atomic mass is 127. The zero-order valence-corrected chi connectivity index (χ0v) is 10.8. The molecule has 0 saturated heterocycles. The molecular formula is C12H15IN2.